The first-order valence-corrected chi connectivity index (χ1v) is 11.7. The Balaban J connectivity index is 1.61. The van der Waals surface area contributed by atoms with Crippen molar-refractivity contribution in [2.45, 2.75) is 30.9 Å². The number of sulfonamides is 1. The second kappa shape index (κ2) is 7.96. The Morgan fingerprint density at radius 2 is 1.93 bits per heavy atom. The monoisotopic (exact) mass is 447 g/mol. The number of aromatic nitrogens is 1. The van der Waals surface area contributed by atoms with Gasteiger partial charge in [-0.15, -0.1) is 11.3 Å². The van der Waals surface area contributed by atoms with Crippen LogP contribution in [0.25, 0.3) is 0 Å². The largest absolute Gasteiger partial charge is 0.302 e. The highest BCUT2D eigenvalue weighted by atomic mass is 35.5. The number of aryl methyl sites for hydroxylation is 1. The van der Waals surface area contributed by atoms with E-state index in [0.717, 1.165) is 22.7 Å². The molecule has 0 aromatic carbocycles. The van der Waals surface area contributed by atoms with Gasteiger partial charge < -0.3 is 5.32 Å². The molecule has 1 saturated heterocycles. The average molecular weight is 448 g/mol. The quantitative estimate of drug-likeness (QED) is 0.708. The lowest BCUT2D eigenvalue weighted by Gasteiger charge is -2.29. The number of piperidine rings is 1. The Labute approximate surface area is 170 Å². The van der Waals surface area contributed by atoms with Gasteiger partial charge in [-0.05, 0) is 31.9 Å². The van der Waals surface area contributed by atoms with Crippen LogP contribution in [-0.4, -0.2) is 42.5 Å². The molecular weight excluding hydrogens is 430 g/mol. The molecule has 1 fully saturated rings. The zero-order valence-corrected chi connectivity index (χ0v) is 17.9. The number of halogens is 1. The van der Waals surface area contributed by atoms with Crippen LogP contribution in [0.15, 0.2) is 16.3 Å². The Bertz CT molecular complexity index is 975. The smallest absolute Gasteiger partial charge is 0.252 e. The van der Waals surface area contributed by atoms with E-state index < -0.39 is 10.0 Å². The first-order valence-electron chi connectivity index (χ1n) is 8.23. The van der Waals surface area contributed by atoms with Crippen LogP contribution >= 0.6 is 34.3 Å². The third-order valence-corrected chi connectivity index (χ3v) is 9.08. The van der Waals surface area contributed by atoms with E-state index in [1.165, 1.54) is 17.3 Å². The third kappa shape index (κ3) is 4.40. The molecule has 1 N–H and O–H groups in total. The molecule has 0 bridgehead atoms. The molecule has 0 unspecified atom stereocenters. The minimum absolute atomic E-state index is 0.0855. The number of ketones is 1. The van der Waals surface area contributed by atoms with Crippen LogP contribution in [0.3, 0.4) is 0 Å². The van der Waals surface area contributed by atoms with Crippen molar-refractivity contribution in [3.05, 3.63) is 27.0 Å². The summed E-state index contributed by atoms with van der Waals surface area (Å²) in [5, 5.41) is 3.14. The number of carbonyl (C=O) groups is 2. The topological polar surface area (TPSA) is 96.4 Å². The second-order valence-electron chi connectivity index (χ2n) is 6.22. The Hall–Kier alpha value is -1.33. The van der Waals surface area contributed by atoms with Crippen LogP contribution in [0.4, 0.5) is 5.13 Å². The fourth-order valence-corrected chi connectivity index (χ4v) is 6.88. The van der Waals surface area contributed by atoms with Crippen molar-refractivity contribution in [1.82, 2.24) is 9.29 Å². The van der Waals surface area contributed by atoms with E-state index in [0.29, 0.717) is 32.9 Å². The van der Waals surface area contributed by atoms with Crippen molar-refractivity contribution in [3.8, 4) is 0 Å². The van der Waals surface area contributed by atoms with Crippen LogP contribution < -0.4 is 5.32 Å². The number of nitrogens with zero attached hydrogens (tertiary/aromatic N) is 2. The molecule has 0 spiro atoms. The highest BCUT2D eigenvalue weighted by Crippen LogP contribution is 2.31. The molecule has 3 heterocycles. The summed E-state index contributed by atoms with van der Waals surface area (Å²) in [6.45, 7) is 3.73. The van der Waals surface area contributed by atoms with Gasteiger partial charge in [0, 0.05) is 25.9 Å². The van der Waals surface area contributed by atoms with E-state index >= 15 is 0 Å². The zero-order valence-electron chi connectivity index (χ0n) is 14.7. The van der Waals surface area contributed by atoms with E-state index in [2.05, 4.69) is 10.3 Å². The van der Waals surface area contributed by atoms with Crippen LogP contribution in [0.5, 0.6) is 0 Å². The van der Waals surface area contributed by atoms with Gasteiger partial charge in [-0.25, -0.2) is 13.4 Å². The summed E-state index contributed by atoms with van der Waals surface area (Å²) in [4.78, 5) is 28.7. The zero-order chi connectivity index (χ0) is 19.8. The number of hydrogen-bond donors (Lipinski definition) is 1. The van der Waals surface area contributed by atoms with Crippen LogP contribution in [0.2, 0.25) is 4.34 Å². The molecular formula is C16H18ClN3O4S3. The lowest BCUT2D eigenvalue weighted by molar-refractivity contribution is -0.120. The second-order valence-corrected chi connectivity index (χ2v) is 11.1. The molecule has 2 aromatic rings. The summed E-state index contributed by atoms with van der Waals surface area (Å²) in [6, 6.07) is 3.06. The van der Waals surface area contributed by atoms with E-state index in [1.54, 1.807) is 13.0 Å². The lowest BCUT2D eigenvalue weighted by atomic mass is 9.97. The predicted octanol–water partition coefficient (Wildman–Crippen LogP) is 3.41. The minimum Gasteiger partial charge on any atom is -0.302 e. The van der Waals surface area contributed by atoms with Crippen LogP contribution in [-0.2, 0) is 14.8 Å². The third-order valence-electron chi connectivity index (χ3n) is 4.31. The summed E-state index contributed by atoms with van der Waals surface area (Å²) in [5.41, 5.74) is 0.596. The van der Waals surface area contributed by atoms with Gasteiger partial charge in [-0.2, -0.15) is 4.31 Å². The van der Waals surface area contributed by atoms with E-state index in [-0.39, 0.29) is 34.9 Å². The maximum atomic E-state index is 12.6. The van der Waals surface area contributed by atoms with Gasteiger partial charge in [0.1, 0.15) is 4.21 Å². The first-order chi connectivity index (χ1) is 12.7. The van der Waals surface area contributed by atoms with E-state index in [1.807, 2.05) is 0 Å². The van der Waals surface area contributed by atoms with Crippen LogP contribution in [0, 0.1) is 12.8 Å². The molecule has 1 aliphatic heterocycles. The number of rotatable bonds is 5. The Morgan fingerprint density at radius 3 is 2.44 bits per heavy atom. The maximum Gasteiger partial charge on any atom is 0.252 e. The highest BCUT2D eigenvalue weighted by Gasteiger charge is 2.33. The van der Waals surface area contributed by atoms with E-state index in [9.17, 15) is 18.0 Å². The standard InChI is InChI=1S/C16H18ClN3O4S3/c1-9-14(10(2)21)26-16(18-9)19-15(22)11-5-7-20(8-6-11)27(23,24)13-4-3-12(17)25-13/h3-4,11H,5-8H2,1-2H3,(H,18,19,22). The van der Waals surface area contributed by atoms with E-state index in [4.69, 9.17) is 11.6 Å². The number of Topliss-reactive ketones (excluding diaryl/α,β-unsaturated/α-hetero) is 1. The summed E-state index contributed by atoms with van der Waals surface area (Å²) >= 11 is 8.02. The number of thiazole rings is 1. The lowest BCUT2D eigenvalue weighted by Crippen LogP contribution is -2.41. The summed E-state index contributed by atoms with van der Waals surface area (Å²) in [7, 11) is -3.57. The van der Waals surface area contributed by atoms with Gasteiger partial charge in [0.25, 0.3) is 10.0 Å². The summed E-state index contributed by atoms with van der Waals surface area (Å²) in [5.74, 6) is -0.582. The molecule has 2 aromatic heterocycles. The number of thiophene rings is 1. The SMILES string of the molecule is CC(=O)c1sc(NC(=O)C2CCN(S(=O)(=O)c3ccc(Cl)s3)CC2)nc1C. The molecule has 146 valence electrons. The molecule has 27 heavy (non-hydrogen) atoms. The molecule has 0 saturated carbocycles. The molecule has 3 rings (SSSR count). The average Bonchev–Trinajstić information content (AvgIpc) is 3.21. The van der Waals surface area contributed by atoms with Crippen molar-refractivity contribution >= 4 is 61.1 Å². The van der Waals surface area contributed by atoms with Gasteiger partial charge >= 0.3 is 0 Å². The molecule has 11 heteroatoms. The molecule has 0 atom stereocenters. The Kier molecular flexibility index (Phi) is 6.02. The number of anilines is 1. The van der Waals surface area contributed by atoms with Crippen molar-refractivity contribution in [3.63, 3.8) is 0 Å². The Morgan fingerprint density at radius 1 is 1.26 bits per heavy atom. The number of hydrogen-bond acceptors (Lipinski definition) is 7. The predicted molar refractivity (Wildman–Crippen MR) is 106 cm³/mol. The minimum atomic E-state index is -3.57. The number of carbonyl (C=O) groups excluding carboxylic acids is 2. The number of nitrogens with one attached hydrogen (secondary N) is 1. The van der Waals surface area contributed by atoms with Gasteiger partial charge in [0.15, 0.2) is 10.9 Å². The van der Waals surface area contributed by atoms with Gasteiger partial charge in [-0.1, -0.05) is 22.9 Å². The van der Waals surface area contributed by atoms with Gasteiger partial charge in [0.05, 0.1) is 14.9 Å². The van der Waals surface area contributed by atoms with Crippen molar-refractivity contribution in [2.75, 3.05) is 18.4 Å². The fourth-order valence-electron chi connectivity index (χ4n) is 2.91. The molecule has 7 nitrogen and oxygen atoms in total. The summed E-state index contributed by atoms with van der Waals surface area (Å²) < 4.78 is 27.2. The first kappa shape index (κ1) is 20.4. The van der Waals surface area contributed by atoms with Gasteiger partial charge in [0.2, 0.25) is 5.91 Å². The fraction of sp³-hybridized carbons (Fsp3) is 0.438. The number of amides is 1. The maximum absolute atomic E-state index is 12.6. The highest BCUT2D eigenvalue weighted by molar-refractivity contribution is 7.91. The van der Waals surface area contributed by atoms with Crippen LogP contribution in [0.1, 0.15) is 35.1 Å². The normalized spacial score (nSPS) is 16.4. The van der Waals surface area contributed by atoms with Crippen molar-refractivity contribution in [2.24, 2.45) is 5.92 Å². The molecule has 0 radical (unpaired) electrons. The van der Waals surface area contributed by atoms with Gasteiger partial charge in [-0.3, -0.25) is 9.59 Å². The van der Waals surface area contributed by atoms with Crippen molar-refractivity contribution in [1.29, 1.82) is 0 Å². The molecule has 1 aliphatic rings. The molecule has 1 amide bonds. The van der Waals surface area contributed by atoms with Crippen molar-refractivity contribution < 1.29 is 18.0 Å². The molecule has 0 aliphatic carbocycles. The summed E-state index contributed by atoms with van der Waals surface area (Å²) in [6.07, 6.45) is 0.849.